The second kappa shape index (κ2) is 7.15. The molecule has 7 heteroatoms. The maximum atomic E-state index is 6.10. The number of ether oxygens (including phenoxy) is 1. The Morgan fingerprint density at radius 3 is 2.72 bits per heavy atom. The van der Waals surface area contributed by atoms with Gasteiger partial charge in [-0.3, -0.25) is 0 Å². The number of hydrogen-bond acceptors (Lipinski definition) is 4. The standard InChI is InChI=1S/C18H23ClN4OSi/c1-25(2,3)10-9-24-12-23-11-15(13-5-4-8-21-17(13)20)14-6-7-16(19)22-18(14)23/h4-8,11H,9-10,12H2,1-3H3,(H2,20,21). The first-order chi connectivity index (χ1) is 11.8. The van der Waals surface area contributed by atoms with Crippen molar-refractivity contribution >= 4 is 36.5 Å². The first-order valence-electron chi connectivity index (χ1n) is 8.29. The van der Waals surface area contributed by atoms with Gasteiger partial charge in [0.25, 0.3) is 0 Å². The van der Waals surface area contributed by atoms with Crippen molar-refractivity contribution < 1.29 is 4.74 Å². The molecule has 0 bridgehead atoms. The molecule has 3 rings (SSSR count). The van der Waals surface area contributed by atoms with Crippen LogP contribution in [-0.2, 0) is 11.5 Å². The molecule has 0 unspecified atom stereocenters. The van der Waals surface area contributed by atoms with Crippen molar-refractivity contribution in [2.45, 2.75) is 32.4 Å². The number of fused-ring (bicyclic) bond motifs is 1. The first-order valence-corrected chi connectivity index (χ1v) is 12.4. The Hall–Kier alpha value is -1.89. The van der Waals surface area contributed by atoms with Gasteiger partial charge in [0.05, 0.1) is 0 Å². The molecular formula is C18H23ClN4OSi. The van der Waals surface area contributed by atoms with Gasteiger partial charge in [0.15, 0.2) is 0 Å². The Bertz CT molecular complexity index is 888. The molecule has 25 heavy (non-hydrogen) atoms. The number of halogens is 1. The van der Waals surface area contributed by atoms with E-state index in [4.69, 9.17) is 22.1 Å². The minimum Gasteiger partial charge on any atom is -0.383 e. The second-order valence-electron chi connectivity index (χ2n) is 7.30. The quantitative estimate of drug-likeness (QED) is 0.387. The highest BCUT2D eigenvalue weighted by Gasteiger charge is 2.15. The third kappa shape index (κ3) is 4.20. The van der Waals surface area contributed by atoms with Crippen LogP contribution in [0.5, 0.6) is 0 Å². The van der Waals surface area contributed by atoms with Crippen molar-refractivity contribution in [3.8, 4) is 11.1 Å². The fraction of sp³-hybridized carbons (Fsp3) is 0.333. The van der Waals surface area contributed by atoms with Gasteiger partial charge in [-0.25, -0.2) is 9.97 Å². The number of aromatic nitrogens is 3. The van der Waals surface area contributed by atoms with Gasteiger partial charge >= 0.3 is 0 Å². The second-order valence-corrected chi connectivity index (χ2v) is 13.3. The van der Waals surface area contributed by atoms with E-state index >= 15 is 0 Å². The lowest BCUT2D eigenvalue weighted by atomic mass is 10.1. The van der Waals surface area contributed by atoms with Crippen LogP contribution in [0.4, 0.5) is 5.82 Å². The smallest absolute Gasteiger partial charge is 0.144 e. The van der Waals surface area contributed by atoms with Gasteiger partial charge < -0.3 is 15.0 Å². The fourth-order valence-electron chi connectivity index (χ4n) is 2.64. The predicted octanol–water partition coefficient (Wildman–Crippen LogP) is 4.65. The summed E-state index contributed by atoms with van der Waals surface area (Å²) in [5.41, 5.74) is 8.72. The van der Waals surface area contributed by atoms with Crippen molar-refractivity contribution in [3.05, 3.63) is 41.8 Å². The van der Waals surface area contributed by atoms with Crippen LogP contribution in [0.25, 0.3) is 22.2 Å². The monoisotopic (exact) mass is 374 g/mol. The van der Waals surface area contributed by atoms with E-state index in [-0.39, 0.29) is 0 Å². The molecule has 0 saturated carbocycles. The number of nitrogen functional groups attached to an aromatic ring is 1. The van der Waals surface area contributed by atoms with Crippen LogP contribution >= 0.6 is 11.6 Å². The van der Waals surface area contributed by atoms with E-state index < -0.39 is 8.07 Å². The van der Waals surface area contributed by atoms with Gasteiger partial charge in [-0.2, -0.15) is 0 Å². The fourth-order valence-corrected chi connectivity index (χ4v) is 3.54. The lowest BCUT2D eigenvalue weighted by Crippen LogP contribution is -2.22. The Balaban J connectivity index is 1.93. The minimum atomic E-state index is -1.11. The van der Waals surface area contributed by atoms with E-state index in [9.17, 15) is 0 Å². The zero-order valence-electron chi connectivity index (χ0n) is 14.8. The third-order valence-electron chi connectivity index (χ3n) is 4.04. The van der Waals surface area contributed by atoms with E-state index in [2.05, 4.69) is 29.6 Å². The van der Waals surface area contributed by atoms with Gasteiger partial charge in [-0.15, -0.1) is 0 Å². The molecule has 0 atom stereocenters. The molecule has 0 amide bonds. The number of hydrogen-bond donors (Lipinski definition) is 1. The van der Waals surface area contributed by atoms with Crippen LogP contribution < -0.4 is 5.73 Å². The Kier molecular flexibility index (Phi) is 5.13. The number of rotatable bonds is 6. The first kappa shape index (κ1) is 17.9. The molecule has 2 N–H and O–H groups in total. The predicted molar refractivity (Wildman–Crippen MR) is 106 cm³/mol. The van der Waals surface area contributed by atoms with Crippen LogP contribution in [0.3, 0.4) is 0 Å². The van der Waals surface area contributed by atoms with E-state index in [0.717, 1.165) is 34.8 Å². The van der Waals surface area contributed by atoms with Gasteiger partial charge in [0.2, 0.25) is 0 Å². The summed E-state index contributed by atoms with van der Waals surface area (Å²) in [5.74, 6) is 0.496. The SMILES string of the molecule is C[Si](C)(C)CCOCn1cc(-c2cccnc2N)c2ccc(Cl)nc21. The molecule has 5 nitrogen and oxygen atoms in total. The summed E-state index contributed by atoms with van der Waals surface area (Å²) >= 11 is 6.10. The van der Waals surface area contributed by atoms with Crippen LogP contribution in [0.2, 0.25) is 30.8 Å². The summed E-state index contributed by atoms with van der Waals surface area (Å²) in [6.45, 7) is 8.21. The molecule has 0 spiro atoms. The average Bonchev–Trinajstić information content (AvgIpc) is 2.89. The molecule has 3 heterocycles. The molecule has 3 aromatic rings. The lowest BCUT2D eigenvalue weighted by Gasteiger charge is -2.15. The molecule has 3 aromatic heterocycles. The van der Waals surface area contributed by atoms with Crippen molar-refractivity contribution in [3.63, 3.8) is 0 Å². The van der Waals surface area contributed by atoms with Crippen molar-refractivity contribution in [2.75, 3.05) is 12.3 Å². The molecule has 0 fully saturated rings. The van der Waals surface area contributed by atoms with Gasteiger partial charge in [-0.1, -0.05) is 31.2 Å². The highest BCUT2D eigenvalue weighted by Crippen LogP contribution is 2.33. The number of pyridine rings is 2. The normalized spacial score (nSPS) is 12.0. The Labute approximate surface area is 153 Å². The maximum absolute atomic E-state index is 6.10. The van der Waals surface area contributed by atoms with Gasteiger partial charge in [-0.05, 0) is 30.3 Å². The van der Waals surface area contributed by atoms with E-state index in [1.807, 2.05) is 29.0 Å². The molecule has 0 aliphatic heterocycles. The number of nitrogens with two attached hydrogens (primary N) is 1. The molecule has 0 aliphatic carbocycles. The Morgan fingerprint density at radius 1 is 1.20 bits per heavy atom. The van der Waals surface area contributed by atoms with Crippen LogP contribution in [0, 0.1) is 0 Å². The largest absolute Gasteiger partial charge is 0.383 e. The molecule has 0 aliphatic rings. The summed E-state index contributed by atoms with van der Waals surface area (Å²) < 4.78 is 7.87. The molecule has 0 aromatic carbocycles. The van der Waals surface area contributed by atoms with E-state index in [0.29, 0.717) is 17.7 Å². The van der Waals surface area contributed by atoms with Crippen LogP contribution in [-0.4, -0.2) is 29.2 Å². The highest BCUT2D eigenvalue weighted by atomic mass is 35.5. The molecule has 0 saturated heterocycles. The highest BCUT2D eigenvalue weighted by molar-refractivity contribution is 6.76. The van der Waals surface area contributed by atoms with Crippen molar-refractivity contribution in [1.82, 2.24) is 14.5 Å². The van der Waals surface area contributed by atoms with Crippen molar-refractivity contribution in [2.24, 2.45) is 0 Å². The van der Waals surface area contributed by atoms with Gasteiger partial charge in [0.1, 0.15) is 23.3 Å². The topological polar surface area (TPSA) is 66.0 Å². The summed E-state index contributed by atoms with van der Waals surface area (Å²) in [4.78, 5) is 8.66. The third-order valence-corrected chi connectivity index (χ3v) is 5.96. The summed E-state index contributed by atoms with van der Waals surface area (Å²) in [5, 5.41) is 1.44. The zero-order valence-corrected chi connectivity index (χ0v) is 16.5. The van der Waals surface area contributed by atoms with E-state index in [1.54, 1.807) is 12.3 Å². The molecule has 132 valence electrons. The van der Waals surface area contributed by atoms with Crippen LogP contribution in [0.15, 0.2) is 36.7 Å². The zero-order chi connectivity index (χ0) is 18.0. The lowest BCUT2D eigenvalue weighted by molar-refractivity contribution is 0.0899. The summed E-state index contributed by atoms with van der Waals surface area (Å²) in [6, 6.07) is 8.72. The van der Waals surface area contributed by atoms with E-state index in [1.165, 1.54) is 0 Å². The van der Waals surface area contributed by atoms with Crippen LogP contribution in [0.1, 0.15) is 0 Å². The molecule has 0 radical (unpaired) electrons. The Morgan fingerprint density at radius 2 is 2.00 bits per heavy atom. The average molecular weight is 375 g/mol. The maximum Gasteiger partial charge on any atom is 0.144 e. The molecular weight excluding hydrogens is 352 g/mol. The summed E-state index contributed by atoms with van der Waals surface area (Å²) in [6.07, 6.45) is 3.70. The summed E-state index contributed by atoms with van der Waals surface area (Å²) in [7, 11) is -1.11. The number of nitrogens with zero attached hydrogens (tertiary/aromatic N) is 3. The minimum absolute atomic E-state index is 0.439. The van der Waals surface area contributed by atoms with Crippen molar-refractivity contribution in [1.29, 1.82) is 0 Å². The number of anilines is 1. The van der Waals surface area contributed by atoms with Gasteiger partial charge in [0, 0.05) is 43.6 Å².